The van der Waals surface area contributed by atoms with Gasteiger partial charge in [-0.15, -0.1) is 6.58 Å². The number of allylic oxidation sites excluding steroid dienone is 4. The Morgan fingerprint density at radius 2 is 2.21 bits per heavy atom. The summed E-state index contributed by atoms with van der Waals surface area (Å²) < 4.78 is 2.09. The summed E-state index contributed by atoms with van der Waals surface area (Å²) in [6, 6.07) is 6.31. The normalized spacial score (nSPS) is 13.1. The zero-order valence-electron chi connectivity index (χ0n) is 15.0. The van der Waals surface area contributed by atoms with E-state index in [0.717, 1.165) is 36.9 Å². The zero-order valence-corrected chi connectivity index (χ0v) is 15.0. The Labute approximate surface area is 145 Å². The van der Waals surface area contributed by atoms with Crippen LogP contribution in [-0.4, -0.2) is 15.8 Å². The minimum Gasteiger partial charge on any atom is -0.333 e. The van der Waals surface area contributed by atoms with Crippen molar-refractivity contribution in [3.05, 3.63) is 66.2 Å². The molecule has 24 heavy (non-hydrogen) atoms. The number of nitrogens with zero attached hydrogens (tertiary/aromatic N) is 3. The molecule has 126 valence electrons. The Kier molecular flexibility index (Phi) is 6.74. The third-order valence-corrected chi connectivity index (χ3v) is 4.01. The van der Waals surface area contributed by atoms with E-state index in [4.69, 9.17) is 4.99 Å². The van der Waals surface area contributed by atoms with Crippen LogP contribution in [0.5, 0.6) is 0 Å². The van der Waals surface area contributed by atoms with E-state index in [2.05, 4.69) is 60.3 Å². The summed E-state index contributed by atoms with van der Waals surface area (Å²) in [5, 5.41) is 0. The molecule has 0 aliphatic rings. The summed E-state index contributed by atoms with van der Waals surface area (Å²) in [6.07, 6.45) is 13.9. The lowest BCUT2D eigenvalue weighted by molar-refractivity contribution is 0.938. The number of benzene rings is 1. The van der Waals surface area contributed by atoms with Crippen molar-refractivity contribution >= 4 is 17.2 Å². The van der Waals surface area contributed by atoms with Crippen molar-refractivity contribution in [3.63, 3.8) is 0 Å². The number of unbranched alkanes of at least 4 members (excludes halogenated alkanes) is 1. The summed E-state index contributed by atoms with van der Waals surface area (Å²) in [6.45, 7) is 8.06. The van der Waals surface area contributed by atoms with Gasteiger partial charge in [0.15, 0.2) is 0 Å². The van der Waals surface area contributed by atoms with Gasteiger partial charge in [0.1, 0.15) is 0 Å². The van der Waals surface area contributed by atoms with Crippen molar-refractivity contribution in [2.24, 2.45) is 12.0 Å². The van der Waals surface area contributed by atoms with Gasteiger partial charge in [0.25, 0.3) is 0 Å². The van der Waals surface area contributed by atoms with E-state index in [1.807, 2.05) is 25.7 Å². The lowest BCUT2D eigenvalue weighted by Gasteiger charge is -2.10. The van der Waals surface area contributed by atoms with Crippen molar-refractivity contribution in [2.45, 2.75) is 39.5 Å². The summed E-state index contributed by atoms with van der Waals surface area (Å²) in [7, 11) is 2.04. The summed E-state index contributed by atoms with van der Waals surface area (Å²) in [4.78, 5) is 9.16. The highest BCUT2D eigenvalue weighted by Gasteiger charge is 2.10. The number of hydrogen-bond donors (Lipinski definition) is 0. The molecule has 0 amide bonds. The van der Waals surface area contributed by atoms with Gasteiger partial charge >= 0.3 is 0 Å². The van der Waals surface area contributed by atoms with E-state index in [9.17, 15) is 0 Å². The summed E-state index contributed by atoms with van der Waals surface area (Å²) in [5.74, 6) is 0. The number of aromatic nitrogens is 2. The Morgan fingerprint density at radius 1 is 1.38 bits per heavy atom. The second-order valence-electron chi connectivity index (χ2n) is 5.85. The number of rotatable bonds is 8. The summed E-state index contributed by atoms with van der Waals surface area (Å²) >= 11 is 0. The molecule has 3 heteroatoms. The van der Waals surface area contributed by atoms with E-state index in [1.54, 1.807) is 0 Å². The predicted octanol–water partition coefficient (Wildman–Crippen LogP) is 5.39. The van der Waals surface area contributed by atoms with Crippen LogP contribution < -0.4 is 0 Å². The van der Waals surface area contributed by atoms with Gasteiger partial charge in [0.05, 0.1) is 23.1 Å². The first-order valence-electron chi connectivity index (χ1n) is 8.59. The molecule has 1 heterocycles. The number of imidazole rings is 1. The van der Waals surface area contributed by atoms with E-state index in [-0.39, 0.29) is 0 Å². The molecule has 2 rings (SSSR count). The standard InChI is InChI=1S/C21H27N3/c1-5-8-12-19(22-14-9-6-2)17(7-3)15-18-11-10-13-20-21(18)24(4)16-23-20/h5,7,10-14,16H,1,6,8-9,15H2,2-4H3/b17-7-,19-12+,22-14?. The van der Waals surface area contributed by atoms with Gasteiger partial charge in [-0.05, 0) is 37.0 Å². The number of aliphatic imine (C=N–C) groups is 1. The van der Waals surface area contributed by atoms with Crippen LogP contribution in [0, 0.1) is 0 Å². The Balaban J connectivity index is 2.35. The summed E-state index contributed by atoms with van der Waals surface area (Å²) in [5.41, 5.74) is 5.78. The predicted molar refractivity (Wildman–Crippen MR) is 104 cm³/mol. The maximum atomic E-state index is 4.71. The molecular formula is C21H27N3. The molecule has 2 aromatic rings. The third-order valence-electron chi connectivity index (χ3n) is 4.01. The Morgan fingerprint density at radius 3 is 2.92 bits per heavy atom. The molecule has 0 fully saturated rings. The van der Waals surface area contributed by atoms with Crippen molar-refractivity contribution < 1.29 is 0 Å². The van der Waals surface area contributed by atoms with Crippen molar-refractivity contribution in [1.29, 1.82) is 0 Å². The molecule has 1 aromatic carbocycles. The molecular weight excluding hydrogens is 294 g/mol. The number of aryl methyl sites for hydroxylation is 1. The topological polar surface area (TPSA) is 30.2 Å². The van der Waals surface area contributed by atoms with Crippen LogP contribution in [0.3, 0.4) is 0 Å². The van der Waals surface area contributed by atoms with Crippen molar-refractivity contribution in [1.82, 2.24) is 9.55 Å². The van der Waals surface area contributed by atoms with Crippen molar-refractivity contribution in [3.8, 4) is 0 Å². The highest BCUT2D eigenvalue weighted by atomic mass is 15.0. The second-order valence-corrected chi connectivity index (χ2v) is 5.85. The molecule has 0 N–H and O–H groups in total. The van der Waals surface area contributed by atoms with Gasteiger partial charge in [-0.3, -0.25) is 4.99 Å². The van der Waals surface area contributed by atoms with Gasteiger partial charge < -0.3 is 4.57 Å². The Bertz CT molecular complexity index is 775. The van der Waals surface area contributed by atoms with Gasteiger partial charge in [-0.25, -0.2) is 4.98 Å². The van der Waals surface area contributed by atoms with Crippen LogP contribution in [0.25, 0.3) is 11.0 Å². The molecule has 1 aromatic heterocycles. The molecule has 0 aliphatic carbocycles. The first-order chi connectivity index (χ1) is 11.7. The van der Waals surface area contributed by atoms with E-state index in [1.165, 1.54) is 16.7 Å². The molecule has 3 nitrogen and oxygen atoms in total. The van der Waals surface area contributed by atoms with Gasteiger partial charge in [0, 0.05) is 19.7 Å². The van der Waals surface area contributed by atoms with Crippen LogP contribution in [0.1, 0.15) is 38.7 Å². The van der Waals surface area contributed by atoms with E-state index in [0.29, 0.717) is 0 Å². The smallest absolute Gasteiger partial charge is 0.0955 e. The fourth-order valence-electron chi connectivity index (χ4n) is 2.74. The largest absolute Gasteiger partial charge is 0.333 e. The molecule has 0 unspecified atom stereocenters. The van der Waals surface area contributed by atoms with Crippen LogP contribution in [0.2, 0.25) is 0 Å². The maximum absolute atomic E-state index is 4.71. The van der Waals surface area contributed by atoms with Crippen LogP contribution in [-0.2, 0) is 13.5 Å². The fourth-order valence-corrected chi connectivity index (χ4v) is 2.74. The van der Waals surface area contributed by atoms with Crippen LogP contribution >= 0.6 is 0 Å². The highest BCUT2D eigenvalue weighted by molar-refractivity contribution is 5.79. The fraction of sp³-hybridized carbons (Fsp3) is 0.333. The molecule has 0 saturated heterocycles. The van der Waals surface area contributed by atoms with Crippen LogP contribution in [0.4, 0.5) is 0 Å². The minimum absolute atomic E-state index is 0.825. The molecule has 0 atom stereocenters. The monoisotopic (exact) mass is 321 g/mol. The first-order valence-corrected chi connectivity index (χ1v) is 8.59. The lowest BCUT2D eigenvalue weighted by atomic mass is 10.00. The Hall–Kier alpha value is -2.42. The average Bonchev–Trinajstić information content (AvgIpc) is 2.98. The molecule has 0 spiro atoms. The van der Waals surface area contributed by atoms with Crippen molar-refractivity contribution in [2.75, 3.05) is 0 Å². The SMILES string of the molecule is C=CC/C=C(N=CCCC)\C(=C/C)Cc1cccc2ncn(C)c12. The van der Waals surface area contributed by atoms with E-state index < -0.39 is 0 Å². The third kappa shape index (κ3) is 4.31. The highest BCUT2D eigenvalue weighted by Crippen LogP contribution is 2.24. The van der Waals surface area contributed by atoms with Gasteiger partial charge in [-0.2, -0.15) is 0 Å². The molecule has 0 aliphatic heterocycles. The average molecular weight is 321 g/mol. The molecule has 0 saturated carbocycles. The number of hydrogen-bond acceptors (Lipinski definition) is 2. The molecule has 0 radical (unpaired) electrons. The number of para-hydroxylation sites is 1. The zero-order chi connectivity index (χ0) is 17.4. The quantitative estimate of drug-likeness (QED) is 0.364. The van der Waals surface area contributed by atoms with Gasteiger partial charge in [0.2, 0.25) is 0 Å². The number of fused-ring (bicyclic) bond motifs is 1. The van der Waals surface area contributed by atoms with Crippen LogP contribution in [0.15, 0.2) is 65.6 Å². The van der Waals surface area contributed by atoms with E-state index >= 15 is 0 Å². The first kappa shape index (κ1) is 17.9. The lowest BCUT2D eigenvalue weighted by Crippen LogP contribution is -1.98. The second kappa shape index (κ2) is 9.02. The van der Waals surface area contributed by atoms with Gasteiger partial charge in [-0.1, -0.05) is 43.7 Å². The maximum Gasteiger partial charge on any atom is 0.0955 e. The minimum atomic E-state index is 0.825. The molecule has 0 bridgehead atoms.